The summed E-state index contributed by atoms with van der Waals surface area (Å²) in [6, 6.07) is 28.1. The Balaban J connectivity index is 1.46. The fourth-order valence-corrected chi connectivity index (χ4v) is 3.85. The maximum Gasteiger partial charge on any atom is 0.230 e. The zero-order valence-electron chi connectivity index (χ0n) is 16.9. The lowest BCUT2D eigenvalue weighted by molar-refractivity contribution is -0.142. The molecule has 0 unspecified atom stereocenters. The molecule has 1 fully saturated rings. The number of likely N-dealkylation sites (tertiary alicyclic amines) is 1. The molecule has 0 spiro atoms. The normalized spacial score (nSPS) is 14.9. The maximum absolute atomic E-state index is 12.3. The van der Waals surface area contributed by atoms with E-state index >= 15 is 0 Å². The molecule has 0 radical (unpaired) electrons. The van der Waals surface area contributed by atoms with Crippen molar-refractivity contribution in [3.05, 3.63) is 96.1 Å². The molecule has 4 heteroatoms. The van der Waals surface area contributed by atoms with Gasteiger partial charge in [-0.25, -0.2) is 0 Å². The van der Waals surface area contributed by atoms with Gasteiger partial charge in [0.2, 0.25) is 11.8 Å². The number of ether oxygens (including phenoxy) is 1. The van der Waals surface area contributed by atoms with E-state index in [1.54, 1.807) is 0 Å². The van der Waals surface area contributed by atoms with Crippen LogP contribution in [0, 0.1) is 0 Å². The Bertz CT molecular complexity index is 968. The van der Waals surface area contributed by atoms with E-state index in [0.29, 0.717) is 32.5 Å². The number of hydrogen-bond acceptors (Lipinski definition) is 3. The lowest BCUT2D eigenvalue weighted by Gasteiger charge is -2.26. The number of rotatable bonds is 8. The van der Waals surface area contributed by atoms with E-state index in [1.807, 2.05) is 48.5 Å². The third-order valence-electron chi connectivity index (χ3n) is 5.41. The molecule has 4 nitrogen and oxygen atoms in total. The third kappa shape index (κ3) is 4.84. The van der Waals surface area contributed by atoms with E-state index in [-0.39, 0.29) is 17.9 Å². The van der Waals surface area contributed by atoms with Crippen LogP contribution in [0.3, 0.4) is 0 Å². The number of benzene rings is 3. The minimum Gasteiger partial charge on any atom is -0.375 e. The van der Waals surface area contributed by atoms with Gasteiger partial charge in [-0.3, -0.25) is 14.5 Å². The van der Waals surface area contributed by atoms with E-state index < -0.39 is 0 Å². The molecule has 1 saturated heterocycles. The van der Waals surface area contributed by atoms with Gasteiger partial charge < -0.3 is 4.74 Å². The second kappa shape index (κ2) is 9.51. The Morgan fingerprint density at radius 2 is 1.27 bits per heavy atom. The average molecular weight is 399 g/mol. The highest BCUT2D eigenvalue weighted by Gasteiger charge is 2.35. The monoisotopic (exact) mass is 399 g/mol. The molecule has 3 aromatic carbocycles. The molecule has 4 rings (SSSR count). The number of hydrogen-bond donors (Lipinski definition) is 0. The van der Waals surface area contributed by atoms with Gasteiger partial charge in [0.05, 0.1) is 19.3 Å². The maximum atomic E-state index is 12.3. The number of nitrogens with zero attached hydrogens (tertiary/aromatic N) is 1. The number of imide groups is 1. The molecule has 0 aromatic heterocycles. The van der Waals surface area contributed by atoms with Gasteiger partial charge in [0.1, 0.15) is 0 Å². The Hall–Kier alpha value is -3.24. The summed E-state index contributed by atoms with van der Waals surface area (Å²) in [6.07, 6.45) is 1.17. The quantitative estimate of drug-likeness (QED) is 0.519. The highest BCUT2D eigenvalue weighted by Crippen LogP contribution is 2.23. The zero-order valence-corrected chi connectivity index (χ0v) is 16.9. The smallest absolute Gasteiger partial charge is 0.230 e. The fourth-order valence-electron chi connectivity index (χ4n) is 3.85. The molecule has 1 aliphatic heterocycles. The summed E-state index contributed by atoms with van der Waals surface area (Å²) in [4.78, 5) is 26.1. The number of carbonyl (C=O) groups excluding carboxylic acids is 2. The van der Waals surface area contributed by atoms with E-state index in [2.05, 4.69) is 36.4 Å². The third-order valence-corrected chi connectivity index (χ3v) is 5.41. The predicted molar refractivity (Wildman–Crippen MR) is 117 cm³/mol. The molecule has 2 amide bonds. The summed E-state index contributed by atoms with van der Waals surface area (Å²) >= 11 is 0. The van der Waals surface area contributed by atoms with Crippen molar-refractivity contribution in [1.82, 2.24) is 4.90 Å². The standard InChI is InChI=1S/C26H25NO3/c28-25-15-16-26(29)27(25)24(19-30-18-21-7-3-1-4-8-21)17-20-11-13-23(14-12-20)22-9-5-2-6-10-22/h1-14,24H,15-19H2/t24-/m1/s1. The fraction of sp³-hybridized carbons (Fsp3) is 0.231. The van der Waals surface area contributed by atoms with Crippen molar-refractivity contribution in [2.45, 2.75) is 31.9 Å². The summed E-state index contributed by atoms with van der Waals surface area (Å²) < 4.78 is 5.91. The van der Waals surface area contributed by atoms with Crippen molar-refractivity contribution in [3.8, 4) is 11.1 Å². The van der Waals surface area contributed by atoms with Crippen molar-refractivity contribution in [1.29, 1.82) is 0 Å². The van der Waals surface area contributed by atoms with E-state index in [0.717, 1.165) is 22.3 Å². The first kappa shape index (κ1) is 20.0. The van der Waals surface area contributed by atoms with Crippen LogP contribution in [0.1, 0.15) is 24.0 Å². The van der Waals surface area contributed by atoms with Crippen molar-refractivity contribution in [2.75, 3.05) is 6.61 Å². The number of amides is 2. The lowest BCUT2D eigenvalue weighted by Crippen LogP contribution is -2.43. The first-order valence-electron chi connectivity index (χ1n) is 10.3. The highest BCUT2D eigenvalue weighted by molar-refractivity contribution is 6.02. The first-order chi connectivity index (χ1) is 14.7. The molecule has 0 aliphatic carbocycles. The van der Waals surface area contributed by atoms with Crippen LogP contribution in [0.5, 0.6) is 0 Å². The molecular formula is C26H25NO3. The summed E-state index contributed by atoms with van der Waals surface area (Å²) in [5.74, 6) is -0.205. The summed E-state index contributed by atoms with van der Waals surface area (Å²) in [5, 5.41) is 0. The SMILES string of the molecule is O=C1CCC(=O)N1[C@@H](COCc1ccccc1)Cc1ccc(-c2ccccc2)cc1. The minimum absolute atomic E-state index is 0.103. The second-order valence-corrected chi connectivity index (χ2v) is 7.58. The second-order valence-electron chi connectivity index (χ2n) is 7.58. The van der Waals surface area contributed by atoms with Crippen molar-refractivity contribution in [2.24, 2.45) is 0 Å². The van der Waals surface area contributed by atoms with Crippen LogP contribution < -0.4 is 0 Å². The Morgan fingerprint density at radius 1 is 0.700 bits per heavy atom. The van der Waals surface area contributed by atoms with Gasteiger partial charge in [-0.05, 0) is 28.7 Å². The molecule has 30 heavy (non-hydrogen) atoms. The largest absolute Gasteiger partial charge is 0.375 e. The van der Waals surface area contributed by atoms with E-state index in [4.69, 9.17) is 4.74 Å². The first-order valence-corrected chi connectivity index (χ1v) is 10.3. The van der Waals surface area contributed by atoms with E-state index in [1.165, 1.54) is 4.90 Å². The molecule has 0 bridgehead atoms. The van der Waals surface area contributed by atoms with Gasteiger partial charge in [-0.15, -0.1) is 0 Å². The van der Waals surface area contributed by atoms with Crippen molar-refractivity contribution < 1.29 is 14.3 Å². The van der Waals surface area contributed by atoms with Gasteiger partial charge >= 0.3 is 0 Å². The van der Waals surface area contributed by atoms with Crippen LogP contribution in [0.2, 0.25) is 0 Å². The average Bonchev–Trinajstić information content (AvgIpc) is 3.13. The molecule has 3 aromatic rings. The lowest BCUT2D eigenvalue weighted by atomic mass is 10.0. The van der Waals surface area contributed by atoms with Crippen LogP contribution >= 0.6 is 0 Å². The van der Waals surface area contributed by atoms with Crippen molar-refractivity contribution in [3.63, 3.8) is 0 Å². The Labute approximate surface area is 177 Å². The molecule has 152 valence electrons. The van der Waals surface area contributed by atoms with Gasteiger partial charge in [0.25, 0.3) is 0 Å². The summed E-state index contributed by atoms with van der Waals surface area (Å²) in [7, 11) is 0. The summed E-state index contributed by atoms with van der Waals surface area (Å²) in [6.45, 7) is 0.785. The topological polar surface area (TPSA) is 46.6 Å². The van der Waals surface area contributed by atoms with Crippen LogP contribution in [0.15, 0.2) is 84.9 Å². The molecule has 1 atom stereocenters. The number of carbonyl (C=O) groups is 2. The van der Waals surface area contributed by atoms with Crippen molar-refractivity contribution >= 4 is 11.8 Å². The van der Waals surface area contributed by atoms with Gasteiger partial charge in [0, 0.05) is 12.8 Å². The Morgan fingerprint density at radius 3 is 1.90 bits per heavy atom. The van der Waals surface area contributed by atoms with Crippen LogP contribution in [-0.2, 0) is 27.4 Å². The molecular weight excluding hydrogens is 374 g/mol. The molecule has 0 N–H and O–H groups in total. The summed E-state index contributed by atoms with van der Waals surface area (Å²) in [5.41, 5.74) is 4.46. The Kier molecular flexibility index (Phi) is 6.35. The van der Waals surface area contributed by atoms with Gasteiger partial charge in [0.15, 0.2) is 0 Å². The molecule has 1 heterocycles. The van der Waals surface area contributed by atoms with Gasteiger partial charge in [-0.1, -0.05) is 84.9 Å². The van der Waals surface area contributed by atoms with Gasteiger partial charge in [-0.2, -0.15) is 0 Å². The zero-order chi connectivity index (χ0) is 20.8. The molecule has 0 saturated carbocycles. The predicted octanol–water partition coefficient (Wildman–Crippen LogP) is 4.63. The van der Waals surface area contributed by atoms with Crippen LogP contribution in [0.25, 0.3) is 11.1 Å². The highest BCUT2D eigenvalue weighted by atomic mass is 16.5. The van der Waals surface area contributed by atoms with Crippen LogP contribution in [0.4, 0.5) is 0 Å². The minimum atomic E-state index is -0.293. The van der Waals surface area contributed by atoms with Crippen LogP contribution in [-0.4, -0.2) is 29.4 Å². The van der Waals surface area contributed by atoms with E-state index in [9.17, 15) is 9.59 Å². The molecule has 1 aliphatic rings.